The largest absolute Gasteiger partial charge is 0.494 e. The summed E-state index contributed by atoms with van der Waals surface area (Å²) in [4.78, 5) is 12.9. The fourth-order valence-corrected chi connectivity index (χ4v) is 4.45. The third-order valence-electron chi connectivity index (χ3n) is 4.12. The van der Waals surface area contributed by atoms with Crippen molar-refractivity contribution in [3.05, 3.63) is 82.8 Å². The third kappa shape index (κ3) is 5.70. The van der Waals surface area contributed by atoms with Gasteiger partial charge in [0, 0.05) is 10.0 Å². The molecule has 0 aromatic heterocycles. The Kier molecular flexibility index (Phi) is 7.43. The molecule has 0 saturated heterocycles. The smallest absolute Gasteiger partial charge is 0.278 e. The first kappa shape index (κ1) is 22.9. The summed E-state index contributed by atoms with van der Waals surface area (Å²) >= 11 is 11.8. The number of halogens is 2. The molecule has 9 heteroatoms. The molecule has 0 N–H and O–H groups in total. The summed E-state index contributed by atoms with van der Waals surface area (Å²) in [5.74, 6) is 0.119. The Balaban J connectivity index is 1.94. The molecule has 0 spiro atoms. The average Bonchev–Trinajstić information content (AvgIpc) is 2.74. The Bertz CT molecular complexity index is 1150. The number of rotatable bonds is 8. The van der Waals surface area contributed by atoms with E-state index < -0.39 is 22.5 Å². The van der Waals surface area contributed by atoms with E-state index in [2.05, 4.69) is 0 Å². The SMILES string of the molecule is CCOc1ccc(N(C(=O)COc2cccc(Cl)c2)S(=O)(=O)c2ccc(Cl)cc2)cc1. The normalized spacial score (nSPS) is 11.1. The molecule has 3 rings (SSSR count). The van der Waals surface area contributed by atoms with E-state index in [0.29, 0.717) is 32.5 Å². The van der Waals surface area contributed by atoms with Crippen molar-refractivity contribution in [2.45, 2.75) is 11.8 Å². The number of sulfonamides is 1. The highest BCUT2D eigenvalue weighted by atomic mass is 35.5. The lowest BCUT2D eigenvalue weighted by Crippen LogP contribution is -2.40. The maximum Gasteiger partial charge on any atom is 0.278 e. The Morgan fingerprint density at radius 1 is 0.871 bits per heavy atom. The van der Waals surface area contributed by atoms with Crippen LogP contribution in [0.25, 0.3) is 0 Å². The maximum atomic E-state index is 13.3. The van der Waals surface area contributed by atoms with E-state index in [1.54, 1.807) is 30.3 Å². The van der Waals surface area contributed by atoms with Crippen LogP contribution in [0.5, 0.6) is 11.5 Å². The molecule has 1 amide bonds. The number of carbonyl (C=O) groups excluding carboxylic acids is 1. The van der Waals surface area contributed by atoms with Crippen LogP contribution in [0.1, 0.15) is 6.92 Å². The van der Waals surface area contributed by atoms with E-state index >= 15 is 0 Å². The molecule has 0 aliphatic heterocycles. The number of anilines is 1. The number of carbonyl (C=O) groups is 1. The first-order valence-corrected chi connectivity index (χ1v) is 11.5. The highest BCUT2D eigenvalue weighted by Crippen LogP contribution is 2.27. The predicted octanol–water partition coefficient (Wildman–Crippen LogP) is 5.19. The van der Waals surface area contributed by atoms with Crippen LogP contribution >= 0.6 is 23.2 Å². The van der Waals surface area contributed by atoms with Crippen molar-refractivity contribution in [3.63, 3.8) is 0 Å². The number of hydrogen-bond donors (Lipinski definition) is 0. The quantitative estimate of drug-likeness (QED) is 0.444. The van der Waals surface area contributed by atoms with Crippen molar-refractivity contribution < 1.29 is 22.7 Å². The molecule has 0 radical (unpaired) electrons. The van der Waals surface area contributed by atoms with Gasteiger partial charge >= 0.3 is 0 Å². The number of benzene rings is 3. The molecular weight excluding hydrogens is 461 g/mol. The van der Waals surface area contributed by atoms with Gasteiger partial charge in [-0.3, -0.25) is 4.79 Å². The first-order valence-electron chi connectivity index (χ1n) is 9.26. The maximum absolute atomic E-state index is 13.3. The van der Waals surface area contributed by atoms with Crippen molar-refractivity contribution in [3.8, 4) is 11.5 Å². The molecule has 31 heavy (non-hydrogen) atoms. The molecule has 0 bridgehead atoms. The zero-order valence-corrected chi connectivity index (χ0v) is 18.8. The van der Waals surface area contributed by atoms with Crippen molar-refractivity contribution in [2.24, 2.45) is 0 Å². The number of nitrogens with zero attached hydrogens (tertiary/aromatic N) is 1. The monoisotopic (exact) mass is 479 g/mol. The predicted molar refractivity (Wildman–Crippen MR) is 121 cm³/mol. The zero-order chi connectivity index (χ0) is 22.4. The van der Waals surface area contributed by atoms with Gasteiger partial charge in [-0.05, 0) is 73.7 Å². The highest BCUT2D eigenvalue weighted by molar-refractivity contribution is 7.93. The molecule has 0 unspecified atom stereocenters. The van der Waals surface area contributed by atoms with Crippen LogP contribution in [0.15, 0.2) is 77.7 Å². The Labute approximate surface area is 191 Å². The molecule has 0 fully saturated rings. The van der Waals surface area contributed by atoms with E-state index in [0.717, 1.165) is 0 Å². The molecule has 3 aromatic rings. The zero-order valence-electron chi connectivity index (χ0n) is 16.5. The van der Waals surface area contributed by atoms with E-state index in [9.17, 15) is 13.2 Å². The summed E-state index contributed by atoms with van der Waals surface area (Å²) in [5, 5.41) is 0.810. The van der Waals surface area contributed by atoms with Crippen LogP contribution in [0.4, 0.5) is 5.69 Å². The number of hydrogen-bond acceptors (Lipinski definition) is 5. The molecular formula is C22H19Cl2NO5S. The van der Waals surface area contributed by atoms with E-state index in [4.69, 9.17) is 32.7 Å². The summed E-state index contributed by atoms with van der Waals surface area (Å²) < 4.78 is 38.2. The van der Waals surface area contributed by atoms with Gasteiger partial charge in [-0.25, -0.2) is 8.42 Å². The second-order valence-electron chi connectivity index (χ2n) is 6.29. The average molecular weight is 480 g/mol. The minimum Gasteiger partial charge on any atom is -0.494 e. The summed E-state index contributed by atoms with van der Waals surface area (Å²) in [6, 6.07) is 18.2. The summed E-state index contributed by atoms with van der Waals surface area (Å²) in [6.45, 7) is 1.78. The molecule has 0 heterocycles. The second-order valence-corrected chi connectivity index (χ2v) is 8.95. The summed E-state index contributed by atoms with van der Waals surface area (Å²) in [7, 11) is -4.23. The third-order valence-corrected chi connectivity index (χ3v) is 6.37. The number of ether oxygens (including phenoxy) is 2. The van der Waals surface area contributed by atoms with Gasteiger partial charge in [-0.15, -0.1) is 0 Å². The fraction of sp³-hybridized carbons (Fsp3) is 0.136. The van der Waals surface area contributed by atoms with Gasteiger partial charge in [0.1, 0.15) is 11.5 Å². The molecule has 0 aliphatic rings. The summed E-state index contributed by atoms with van der Waals surface area (Å²) in [6.07, 6.45) is 0. The fourth-order valence-electron chi connectivity index (χ4n) is 2.73. The van der Waals surface area contributed by atoms with Gasteiger partial charge in [0.2, 0.25) is 0 Å². The van der Waals surface area contributed by atoms with Crippen LogP contribution in [-0.4, -0.2) is 27.5 Å². The van der Waals surface area contributed by atoms with E-state index in [-0.39, 0.29) is 10.6 Å². The van der Waals surface area contributed by atoms with E-state index in [1.807, 2.05) is 6.92 Å². The lowest BCUT2D eigenvalue weighted by Gasteiger charge is -2.23. The van der Waals surface area contributed by atoms with Crippen LogP contribution in [0.2, 0.25) is 10.0 Å². The highest BCUT2D eigenvalue weighted by Gasteiger charge is 2.31. The minimum atomic E-state index is -4.23. The Hall–Kier alpha value is -2.74. The molecule has 3 aromatic carbocycles. The Morgan fingerprint density at radius 2 is 1.55 bits per heavy atom. The van der Waals surface area contributed by atoms with Crippen LogP contribution < -0.4 is 13.8 Å². The standard InChI is InChI=1S/C22H19Cl2NO5S/c1-2-29-19-10-8-18(9-11-19)25(31(27,28)21-12-6-16(23)7-13-21)22(26)15-30-20-5-3-4-17(24)14-20/h3-14H,2,15H2,1H3. The Morgan fingerprint density at radius 3 is 2.16 bits per heavy atom. The summed E-state index contributed by atoms with van der Waals surface area (Å²) in [5.41, 5.74) is 0.151. The van der Waals surface area contributed by atoms with Gasteiger partial charge in [-0.1, -0.05) is 29.3 Å². The van der Waals surface area contributed by atoms with Gasteiger partial charge in [-0.2, -0.15) is 4.31 Å². The van der Waals surface area contributed by atoms with Gasteiger partial charge in [0.25, 0.3) is 15.9 Å². The number of amides is 1. The van der Waals surface area contributed by atoms with Crippen LogP contribution in [0.3, 0.4) is 0 Å². The molecule has 6 nitrogen and oxygen atoms in total. The van der Waals surface area contributed by atoms with E-state index in [1.165, 1.54) is 42.5 Å². The van der Waals surface area contributed by atoms with Gasteiger partial charge < -0.3 is 9.47 Å². The van der Waals surface area contributed by atoms with Gasteiger partial charge in [0.15, 0.2) is 6.61 Å². The van der Waals surface area contributed by atoms with Crippen LogP contribution in [0, 0.1) is 0 Å². The topological polar surface area (TPSA) is 72.9 Å². The molecule has 0 aliphatic carbocycles. The lowest BCUT2D eigenvalue weighted by atomic mass is 10.3. The van der Waals surface area contributed by atoms with Crippen molar-refractivity contribution in [1.29, 1.82) is 0 Å². The van der Waals surface area contributed by atoms with Gasteiger partial charge in [0.05, 0.1) is 17.2 Å². The molecule has 0 atom stereocenters. The van der Waals surface area contributed by atoms with Crippen molar-refractivity contribution in [1.82, 2.24) is 0 Å². The first-order chi connectivity index (χ1) is 14.8. The minimum absolute atomic E-state index is 0.0816. The molecule has 0 saturated carbocycles. The van der Waals surface area contributed by atoms with Crippen molar-refractivity contribution in [2.75, 3.05) is 17.5 Å². The van der Waals surface area contributed by atoms with Crippen molar-refractivity contribution >= 4 is 44.8 Å². The lowest BCUT2D eigenvalue weighted by molar-refractivity contribution is -0.119. The molecule has 162 valence electrons. The second kappa shape index (κ2) is 10.0. The van der Waals surface area contributed by atoms with Crippen LogP contribution in [-0.2, 0) is 14.8 Å².